The lowest BCUT2D eigenvalue weighted by atomic mass is 10.1. The van der Waals surface area contributed by atoms with Crippen LogP contribution in [0.3, 0.4) is 0 Å². The predicted octanol–water partition coefficient (Wildman–Crippen LogP) is 2.73. The second-order valence-corrected chi connectivity index (χ2v) is 7.64. The lowest BCUT2D eigenvalue weighted by Crippen LogP contribution is -2.16. The van der Waals surface area contributed by atoms with E-state index in [4.69, 9.17) is 5.73 Å². The molecule has 0 aliphatic rings. The second kappa shape index (κ2) is 6.75. The van der Waals surface area contributed by atoms with Crippen molar-refractivity contribution in [3.05, 3.63) is 66.2 Å². The molecule has 0 saturated heterocycles. The van der Waals surface area contributed by atoms with Crippen molar-refractivity contribution in [1.82, 2.24) is 9.13 Å². The van der Waals surface area contributed by atoms with Gasteiger partial charge in [0.1, 0.15) is 10.6 Å². The average molecular weight is 412 g/mol. The number of amides is 1. The summed E-state index contributed by atoms with van der Waals surface area (Å²) in [7, 11) is -2.86. The highest BCUT2D eigenvalue weighted by Crippen LogP contribution is 2.34. The zero-order valence-corrected chi connectivity index (χ0v) is 15.3. The number of hydrogen-bond donors (Lipinski definition) is 2. The Kier molecular flexibility index (Phi) is 4.71. The van der Waals surface area contributed by atoms with E-state index >= 15 is 0 Å². The van der Waals surface area contributed by atoms with Gasteiger partial charge in [-0.05, 0) is 36.4 Å². The summed E-state index contributed by atoms with van der Waals surface area (Å²) < 4.78 is 69.6. The number of carbonyl (C=O) groups is 1. The van der Waals surface area contributed by atoms with Crippen molar-refractivity contribution in [1.29, 1.82) is 0 Å². The minimum atomic E-state index is -4.65. The second-order valence-electron chi connectivity index (χ2n) is 5.96. The lowest BCUT2D eigenvalue weighted by Gasteiger charge is -2.16. The molecule has 0 unspecified atom stereocenters. The SMILES string of the molecule is Cn1cc(S(=O)(=O)Nc2cc(C(F)(F)F)ccc2-n2cccc2)cc1C(N)=O. The fourth-order valence-electron chi connectivity index (χ4n) is 2.64. The molecule has 7 nitrogen and oxygen atoms in total. The molecule has 0 saturated carbocycles. The monoisotopic (exact) mass is 412 g/mol. The molecule has 1 aromatic carbocycles. The van der Waals surface area contributed by atoms with Crippen LogP contribution in [0.25, 0.3) is 5.69 Å². The maximum atomic E-state index is 13.1. The van der Waals surface area contributed by atoms with Crippen molar-refractivity contribution >= 4 is 21.6 Å². The number of nitrogens with two attached hydrogens (primary N) is 1. The third kappa shape index (κ3) is 3.74. The van der Waals surface area contributed by atoms with Gasteiger partial charge in [0, 0.05) is 25.6 Å². The number of rotatable bonds is 5. The molecule has 3 N–H and O–H groups in total. The molecular formula is C17H15F3N4O3S. The van der Waals surface area contributed by atoms with E-state index in [0.29, 0.717) is 6.07 Å². The van der Waals surface area contributed by atoms with Gasteiger partial charge in [0.2, 0.25) is 0 Å². The molecule has 0 aliphatic heterocycles. The van der Waals surface area contributed by atoms with Gasteiger partial charge in [-0.2, -0.15) is 13.2 Å². The van der Waals surface area contributed by atoms with Crippen LogP contribution in [-0.2, 0) is 23.2 Å². The van der Waals surface area contributed by atoms with Crippen LogP contribution in [0.15, 0.2) is 59.9 Å². The number of nitrogens with zero attached hydrogens (tertiary/aromatic N) is 2. The standard InChI is InChI=1S/C17H15F3N4O3S/c1-23-10-12(9-15(23)16(21)25)28(26,27)22-13-8-11(17(18,19)20)4-5-14(13)24-6-2-3-7-24/h2-10,22H,1H3,(H2,21,25). The Balaban J connectivity index is 2.09. The van der Waals surface area contributed by atoms with Crippen molar-refractivity contribution < 1.29 is 26.4 Å². The zero-order chi connectivity index (χ0) is 20.7. The van der Waals surface area contributed by atoms with Crippen LogP contribution < -0.4 is 10.5 Å². The van der Waals surface area contributed by atoms with Crippen LogP contribution in [0, 0.1) is 0 Å². The number of primary amides is 1. The van der Waals surface area contributed by atoms with E-state index in [9.17, 15) is 26.4 Å². The Morgan fingerprint density at radius 1 is 1.14 bits per heavy atom. The number of hydrogen-bond acceptors (Lipinski definition) is 3. The first kappa shape index (κ1) is 19.5. The largest absolute Gasteiger partial charge is 0.416 e. The topological polar surface area (TPSA) is 99.1 Å². The number of alkyl halides is 3. The van der Waals surface area contributed by atoms with Crippen LogP contribution in [-0.4, -0.2) is 23.5 Å². The molecule has 0 radical (unpaired) electrons. The van der Waals surface area contributed by atoms with E-state index in [1.54, 1.807) is 24.5 Å². The normalized spacial score (nSPS) is 12.1. The first-order valence-corrected chi connectivity index (χ1v) is 9.31. The molecule has 0 bridgehead atoms. The quantitative estimate of drug-likeness (QED) is 0.674. The number of nitrogens with one attached hydrogen (secondary N) is 1. The van der Waals surface area contributed by atoms with Crippen LogP contribution in [0.4, 0.5) is 18.9 Å². The lowest BCUT2D eigenvalue weighted by molar-refractivity contribution is -0.137. The highest BCUT2D eigenvalue weighted by atomic mass is 32.2. The maximum Gasteiger partial charge on any atom is 0.416 e. The molecule has 3 rings (SSSR count). The molecule has 1 amide bonds. The summed E-state index contributed by atoms with van der Waals surface area (Å²) in [5.74, 6) is -0.837. The highest BCUT2D eigenvalue weighted by molar-refractivity contribution is 7.92. The van der Waals surface area contributed by atoms with Gasteiger partial charge >= 0.3 is 6.18 Å². The van der Waals surface area contributed by atoms with Crippen molar-refractivity contribution in [2.45, 2.75) is 11.1 Å². The predicted molar refractivity (Wildman–Crippen MR) is 95.5 cm³/mol. The molecule has 2 heterocycles. The van der Waals surface area contributed by atoms with Crippen LogP contribution in [0.5, 0.6) is 0 Å². The van der Waals surface area contributed by atoms with Gasteiger partial charge in [-0.25, -0.2) is 8.42 Å². The van der Waals surface area contributed by atoms with Crippen molar-refractivity contribution in [3.63, 3.8) is 0 Å². The summed E-state index contributed by atoms with van der Waals surface area (Å²) in [6.07, 6.45) is -0.380. The number of aryl methyl sites for hydroxylation is 1. The molecule has 148 valence electrons. The Morgan fingerprint density at radius 2 is 1.79 bits per heavy atom. The van der Waals surface area contributed by atoms with Gasteiger partial charge in [-0.15, -0.1) is 0 Å². The third-order valence-corrected chi connectivity index (χ3v) is 5.33. The summed E-state index contributed by atoms with van der Waals surface area (Å²) in [5.41, 5.74) is 4.04. The summed E-state index contributed by atoms with van der Waals surface area (Å²) in [6, 6.07) is 7.08. The van der Waals surface area contributed by atoms with Crippen molar-refractivity contribution in [3.8, 4) is 5.69 Å². The minimum Gasteiger partial charge on any atom is -0.364 e. The molecule has 28 heavy (non-hydrogen) atoms. The van der Waals surface area contributed by atoms with E-state index in [-0.39, 0.29) is 22.0 Å². The Labute approximate surface area is 158 Å². The molecule has 0 fully saturated rings. The first-order valence-electron chi connectivity index (χ1n) is 7.82. The number of anilines is 1. The molecule has 0 atom stereocenters. The summed E-state index contributed by atoms with van der Waals surface area (Å²) in [6.45, 7) is 0. The fraction of sp³-hybridized carbons (Fsp3) is 0.118. The number of halogens is 3. The minimum absolute atomic E-state index is 0.0601. The van der Waals surface area contributed by atoms with Gasteiger partial charge in [0.05, 0.1) is 16.9 Å². The Hall–Kier alpha value is -3.21. The van der Waals surface area contributed by atoms with Crippen LogP contribution in [0.2, 0.25) is 0 Å². The van der Waals surface area contributed by atoms with Gasteiger partial charge in [-0.1, -0.05) is 0 Å². The fourth-order valence-corrected chi connectivity index (χ4v) is 3.78. The van der Waals surface area contributed by atoms with Gasteiger partial charge in [0.25, 0.3) is 15.9 Å². The maximum absolute atomic E-state index is 13.1. The van der Waals surface area contributed by atoms with Gasteiger partial charge in [0.15, 0.2) is 0 Å². The van der Waals surface area contributed by atoms with Crippen molar-refractivity contribution in [2.75, 3.05) is 4.72 Å². The average Bonchev–Trinajstić information content (AvgIpc) is 3.23. The number of sulfonamides is 1. The summed E-state index contributed by atoms with van der Waals surface area (Å²) in [4.78, 5) is 11.0. The van der Waals surface area contributed by atoms with E-state index < -0.39 is 27.7 Å². The third-order valence-electron chi connectivity index (χ3n) is 3.99. The van der Waals surface area contributed by atoms with Crippen LogP contribution in [0.1, 0.15) is 16.1 Å². The molecule has 0 spiro atoms. The molecule has 3 aromatic rings. The number of aromatic nitrogens is 2. The van der Waals surface area contributed by atoms with Gasteiger partial charge in [-0.3, -0.25) is 9.52 Å². The molecular weight excluding hydrogens is 397 g/mol. The number of benzene rings is 1. The van der Waals surface area contributed by atoms with E-state index in [0.717, 1.165) is 18.3 Å². The van der Waals surface area contributed by atoms with E-state index in [2.05, 4.69) is 4.72 Å². The molecule has 11 heteroatoms. The van der Waals surface area contributed by atoms with Gasteiger partial charge < -0.3 is 14.9 Å². The first-order chi connectivity index (χ1) is 13.0. The summed E-state index contributed by atoms with van der Waals surface area (Å²) >= 11 is 0. The van der Waals surface area contributed by atoms with E-state index in [1.165, 1.54) is 22.2 Å². The highest BCUT2D eigenvalue weighted by Gasteiger charge is 2.32. The van der Waals surface area contributed by atoms with E-state index in [1.807, 2.05) is 0 Å². The van der Waals surface area contributed by atoms with Crippen molar-refractivity contribution in [2.24, 2.45) is 12.8 Å². The molecule has 2 aromatic heterocycles. The molecule has 0 aliphatic carbocycles. The Bertz CT molecular complexity index is 1130. The summed E-state index contributed by atoms with van der Waals surface area (Å²) in [5, 5.41) is 0. The smallest absolute Gasteiger partial charge is 0.364 e. The van der Waals surface area contributed by atoms with Crippen LogP contribution >= 0.6 is 0 Å². The number of carbonyl (C=O) groups excluding carboxylic acids is 1. The Morgan fingerprint density at radius 3 is 2.32 bits per heavy atom. The zero-order valence-electron chi connectivity index (χ0n) is 14.4.